The van der Waals surface area contributed by atoms with E-state index in [9.17, 15) is 8.42 Å². The Kier molecular flexibility index (Phi) is 22.6. The summed E-state index contributed by atoms with van der Waals surface area (Å²) in [5, 5.41) is 0. The number of rotatable bonds is 19. The molecular formula is C24H54NO3S+. The van der Waals surface area contributed by atoms with E-state index in [0.717, 1.165) is 30.2 Å². The molecule has 0 bridgehead atoms. The maximum atomic E-state index is 10.2. The van der Waals surface area contributed by atoms with Crippen LogP contribution in [0.25, 0.3) is 0 Å². The van der Waals surface area contributed by atoms with Crippen LogP contribution in [0.3, 0.4) is 0 Å². The average molecular weight is 437 g/mol. The summed E-state index contributed by atoms with van der Waals surface area (Å²) in [6.07, 6.45) is 22.2. The molecule has 0 unspecified atom stereocenters. The molecular weight excluding hydrogens is 382 g/mol. The number of unbranched alkanes of at least 4 members (excludes halogenated alkanes) is 15. The van der Waals surface area contributed by atoms with Crippen LogP contribution in [0.1, 0.15) is 123 Å². The molecule has 5 heteroatoms. The predicted octanol–water partition coefficient (Wildman–Crippen LogP) is 7.24. The van der Waals surface area contributed by atoms with Gasteiger partial charge in [0.05, 0.1) is 33.4 Å². The minimum atomic E-state index is -3.71. The van der Waals surface area contributed by atoms with Gasteiger partial charge >= 0.3 is 0 Å². The highest BCUT2D eigenvalue weighted by atomic mass is 32.2. The van der Waals surface area contributed by atoms with Gasteiger partial charge in [0.25, 0.3) is 10.1 Å². The van der Waals surface area contributed by atoms with Crippen LogP contribution >= 0.6 is 0 Å². The van der Waals surface area contributed by atoms with Crippen molar-refractivity contribution in [2.75, 3.05) is 33.4 Å². The molecule has 4 nitrogen and oxygen atoms in total. The first kappa shape index (κ1) is 31.1. The lowest BCUT2D eigenvalue weighted by molar-refractivity contribution is -0.870. The molecule has 0 fully saturated rings. The standard InChI is InChI=1S/C17H38N.C7H16O3S/c1-5-6-7-8-9-10-11-12-13-14-15-16-17-18(2,3)4;1-2-3-4-5-6-7-11(8,9)10/h5-17H2,1-4H3;2-7H2,1H3,(H,8,9,10)/q+1;. The van der Waals surface area contributed by atoms with Gasteiger partial charge in [-0.3, -0.25) is 4.55 Å². The van der Waals surface area contributed by atoms with Gasteiger partial charge in [-0.25, -0.2) is 0 Å². The van der Waals surface area contributed by atoms with Gasteiger partial charge in [-0.05, 0) is 19.3 Å². The topological polar surface area (TPSA) is 54.4 Å². The second-order valence-corrected chi connectivity index (χ2v) is 11.2. The van der Waals surface area contributed by atoms with Crippen LogP contribution in [0.5, 0.6) is 0 Å². The maximum absolute atomic E-state index is 10.2. The van der Waals surface area contributed by atoms with Crippen molar-refractivity contribution in [3.05, 3.63) is 0 Å². The Balaban J connectivity index is 0. The maximum Gasteiger partial charge on any atom is 0.264 e. The molecule has 0 amide bonds. The van der Waals surface area contributed by atoms with E-state index in [1.807, 2.05) is 0 Å². The monoisotopic (exact) mass is 436 g/mol. The summed E-state index contributed by atoms with van der Waals surface area (Å²) in [7, 11) is 3.16. The molecule has 0 aromatic rings. The lowest BCUT2D eigenvalue weighted by Gasteiger charge is -2.23. The van der Waals surface area contributed by atoms with Gasteiger partial charge in [0.2, 0.25) is 0 Å². The van der Waals surface area contributed by atoms with Crippen LogP contribution in [0.2, 0.25) is 0 Å². The zero-order valence-electron chi connectivity index (χ0n) is 20.6. The van der Waals surface area contributed by atoms with Gasteiger partial charge in [-0.15, -0.1) is 0 Å². The summed E-state index contributed by atoms with van der Waals surface area (Å²) in [5.41, 5.74) is 0. The van der Waals surface area contributed by atoms with Crippen molar-refractivity contribution in [2.24, 2.45) is 0 Å². The third-order valence-corrected chi connectivity index (χ3v) is 5.99. The van der Waals surface area contributed by atoms with Crippen LogP contribution in [0, 0.1) is 0 Å². The molecule has 1 N–H and O–H groups in total. The van der Waals surface area contributed by atoms with Gasteiger partial charge < -0.3 is 4.48 Å². The molecule has 0 saturated carbocycles. The summed E-state index contributed by atoms with van der Waals surface area (Å²) in [6, 6.07) is 0. The molecule has 0 aliphatic rings. The Hall–Kier alpha value is -0.130. The van der Waals surface area contributed by atoms with E-state index in [1.54, 1.807) is 0 Å². The molecule has 0 rings (SSSR count). The minimum Gasteiger partial charge on any atom is -0.331 e. The van der Waals surface area contributed by atoms with Crippen LogP contribution < -0.4 is 0 Å². The first-order chi connectivity index (χ1) is 13.6. The lowest BCUT2D eigenvalue weighted by Crippen LogP contribution is -2.35. The van der Waals surface area contributed by atoms with Crippen molar-refractivity contribution in [1.82, 2.24) is 0 Å². The Morgan fingerprint density at radius 1 is 0.552 bits per heavy atom. The number of nitrogens with zero attached hydrogens (tertiary/aromatic N) is 1. The molecule has 0 aliphatic carbocycles. The van der Waals surface area contributed by atoms with Crippen molar-refractivity contribution < 1.29 is 17.5 Å². The second-order valence-electron chi connectivity index (χ2n) is 9.60. The smallest absolute Gasteiger partial charge is 0.264 e. The summed E-state index contributed by atoms with van der Waals surface area (Å²) in [4.78, 5) is 0. The Morgan fingerprint density at radius 3 is 1.17 bits per heavy atom. The molecule has 0 spiro atoms. The molecule has 0 aromatic carbocycles. The van der Waals surface area contributed by atoms with E-state index in [-0.39, 0.29) is 5.75 Å². The highest BCUT2D eigenvalue weighted by molar-refractivity contribution is 7.85. The van der Waals surface area contributed by atoms with Crippen molar-refractivity contribution in [2.45, 2.75) is 123 Å². The molecule has 0 aromatic heterocycles. The van der Waals surface area contributed by atoms with E-state index in [2.05, 4.69) is 35.0 Å². The van der Waals surface area contributed by atoms with E-state index in [4.69, 9.17) is 4.55 Å². The molecule has 0 heterocycles. The third kappa shape index (κ3) is 35.7. The van der Waals surface area contributed by atoms with E-state index < -0.39 is 10.1 Å². The van der Waals surface area contributed by atoms with Crippen LogP contribution in [0.15, 0.2) is 0 Å². The van der Waals surface area contributed by atoms with Gasteiger partial charge in [0, 0.05) is 0 Å². The Morgan fingerprint density at radius 2 is 0.862 bits per heavy atom. The van der Waals surface area contributed by atoms with Crippen LogP contribution in [-0.2, 0) is 10.1 Å². The number of hydrogen-bond donors (Lipinski definition) is 1. The molecule has 0 radical (unpaired) electrons. The fraction of sp³-hybridized carbons (Fsp3) is 1.00. The molecule has 0 atom stereocenters. The Labute approximate surface area is 184 Å². The SMILES string of the molecule is CCCCCCCCCCCCCC[N+](C)(C)C.CCCCCCCS(=O)(=O)O. The summed E-state index contributed by atoms with van der Waals surface area (Å²) in [6.45, 7) is 5.72. The van der Waals surface area contributed by atoms with Gasteiger partial charge in [0.15, 0.2) is 0 Å². The molecule has 0 aliphatic heterocycles. The highest BCUT2D eigenvalue weighted by Gasteiger charge is 2.05. The van der Waals surface area contributed by atoms with E-state index in [0.29, 0.717) is 6.42 Å². The summed E-state index contributed by atoms with van der Waals surface area (Å²) < 4.78 is 29.9. The lowest BCUT2D eigenvalue weighted by atomic mass is 10.1. The predicted molar refractivity (Wildman–Crippen MR) is 129 cm³/mol. The highest BCUT2D eigenvalue weighted by Crippen LogP contribution is 2.12. The first-order valence-corrected chi connectivity index (χ1v) is 14.0. The van der Waals surface area contributed by atoms with Crippen molar-refractivity contribution in [3.8, 4) is 0 Å². The van der Waals surface area contributed by atoms with Crippen LogP contribution in [0.4, 0.5) is 0 Å². The average Bonchev–Trinajstić information content (AvgIpc) is 2.61. The third-order valence-electron chi connectivity index (χ3n) is 5.19. The number of hydrogen-bond acceptors (Lipinski definition) is 2. The normalized spacial score (nSPS) is 11.9. The molecule has 178 valence electrons. The zero-order valence-corrected chi connectivity index (χ0v) is 21.4. The van der Waals surface area contributed by atoms with Crippen molar-refractivity contribution in [3.63, 3.8) is 0 Å². The summed E-state index contributed by atoms with van der Waals surface area (Å²) >= 11 is 0. The van der Waals surface area contributed by atoms with E-state index in [1.165, 1.54) is 83.6 Å². The minimum absolute atomic E-state index is 0.0866. The first-order valence-electron chi connectivity index (χ1n) is 12.4. The molecule has 29 heavy (non-hydrogen) atoms. The fourth-order valence-electron chi connectivity index (χ4n) is 3.32. The fourth-order valence-corrected chi connectivity index (χ4v) is 3.88. The van der Waals surface area contributed by atoms with Crippen LogP contribution in [-0.4, -0.2) is 50.9 Å². The zero-order chi connectivity index (χ0) is 22.4. The van der Waals surface area contributed by atoms with Crippen molar-refractivity contribution >= 4 is 10.1 Å². The summed E-state index contributed by atoms with van der Waals surface area (Å²) in [5.74, 6) is -0.0866. The quantitative estimate of drug-likeness (QED) is 0.132. The van der Waals surface area contributed by atoms with Gasteiger partial charge in [0.1, 0.15) is 0 Å². The largest absolute Gasteiger partial charge is 0.331 e. The van der Waals surface area contributed by atoms with Gasteiger partial charge in [-0.1, -0.05) is 104 Å². The van der Waals surface area contributed by atoms with Gasteiger partial charge in [-0.2, -0.15) is 8.42 Å². The number of quaternary nitrogens is 1. The van der Waals surface area contributed by atoms with Crippen molar-refractivity contribution in [1.29, 1.82) is 0 Å². The Bertz CT molecular complexity index is 416. The second kappa shape index (κ2) is 21.1. The van der Waals surface area contributed by atoms with E-state index >= 15 is 0 Å². The molecule has 0 saturated heterocycles.